The van der Waals surface area contributed by atoms with Crippen molar-refractivity contribution in [1.82, 2.24) is 19.7 Å². The van der Waals surface area contributed by atoms with Crippen LogP contribution in [-0.4, -0.2) is 38.7 Å². The van der Waals surface area contributed by atoms with Crippen LogP contribution in [0.1, 0.15) is 68.8 Å². The maximum atomic E-state index is 13.5. The molecule has 4 rings (SSSR count). The monoisotopic (exact) mass is 396 g/mol. The predicted octanol–water partition coefficient (Wildman–Crippen LogP) is 5.54. The van der Waals surface area contributed by atoms with Crippen LogP contribution in [0, 0.1) is 0 Å². The molecule has 3 heterocycles. The Morgan fingerprint density at radius 3 is 2.64 bits per heavy atom. The molecule has 0 radical (unpaired) electrons. The molecule has 0 N–H and O–H groups in total. The van der Waals surface area contributed by atoms with E-state index in [1.54, 1.807) is 17.5 Å². The molecule has 0 atom stereocenters. The fraction of sp³-hybridized carbons (Fsp3) is 0.500. The molecule has 6 heteroatoms. The maximum absolute atomic E-state index is 13.5. The van der Waals surface area contributed by atoms with Crippen LogP contribution in [-0.2, 0) is 0 Å². The van der Waals surface area contributed by atoms with Crippen LogP contribution >= 0.6 is 11.3 Å². The van der Waals surface area contributed by atoms with Gasteiger partial charge in [-0.15, -0.1) is 11.3 Å². The van der Waals surface area contributed by atoms with E-state index in [9.17, 15) is 4.79 Å². The van der Waals surface area contributed by atoms with Crippen molar-refractivity contribution >= 4 is 28.3 Å². The number of aromatic nitrogens is 3. The highest BCUT2D eigenvalue weighted by atomic mass is 32.1. The zero-order valence-corrected chi connectivity index (χ0v) is 17.7. The van der Waals surface area contributed by atoms with E-state index in [2.05, 4.69) is 25.0 Å². The van der Waals surface area contributed by atoms with Crippen molar-refractivity contribution in [3.63, 3.8) is 0 Å². The van der Waals surface area contributed by atoms with Crippen LogP contribution in [0.15, 0.2) is 29.8 Å². The summed E-state index contributed by atoms with van der Waals surface area (Å²) in [5.74, 6) is 0.0837. The molecule has 0 bridgehead atoms. The molecule has 0 spiro atoms. The highest BCUT2D eigenvalue weighted by molar-refractivity contribution is 7.13. The van der Waals surface area contributed by atoms with Crippen molar-refractivity contribution in [2.75, 3.05) is 7.05 Å². The number of amides is 1. The minimum Gasteiger partial charge on any atom is -0.339 e. The molecule has 1 amide bonds. The number of hydrogen-bond acceptors (Lipinski definition) is 4. The second-order valence-electron chi connectivity index (χ2n) is 8.01. The second-order valence-corrected chi connectivity index (χ2v) is 8.96. The number of fused-ring (bicyclic) bond motifs is 1. The standard InChI is InChI=1S/C22H28N4OS/c1-15(2)26-21-18(14-23-26)17(13-19(24-21)20-11-8-12-28-20)22(27)25(3)16-9-6-4-5-7-10-16/h8,11-16H,4-7,9-10H2,1-3H3. The van der Waals surface area contributed by atoms with E-state index in [1.807, 2.05) is 34.1 Å². The van der Waals surface area contributed by atoms with E-state index in [1.165, 1.54) is 25.7 Å². The lowest BCUT2D eigenvalue weighted by atomic mass is 10.0. The van der Waals surface area contributed by atoms with Crippen LogP contribution in [0.25, 0.3) is 21.6 Å². The molecule has 3 aromatic heterocycles. The Bertz CT molecular complexity index is 952. The first-order chi connectivity index (χ1) is 13.6. The molecule has 0 saturated heterocycles. The first-order valence-corrected chi connectivity index (χ1v) is 11.1. The topological polar surface area (TPSA) is 51.0 Å². The largest absolute Gasteiger partial charge is 0.339 e. The average Bonchev–Trinajstić information content (AvgIpc) is 3.30. The summed E-state index contributed by atoms with van der Waals surface area (Å²) in [5, 5.41) is 7.42. The number of pyridine rings is 1. The van der Waals surface area contributed by atoms with E-state index >= 15 is 0 Å². The van der Waals surface area contributed by atoms with E-state index in [0.717, 1.165) is 34.4 Å². The molecule has 1 saturated carbocycles. The summed E-state index contributed by atoms with van der Waals surface area (Å²) in [6.07, 6.45) is 8.97. The van der Waals surface area contributed by atoms with Gasteiger partial charge in [0.1, 0.15) is 0 Å². The number of nitrogens with zero attached hydrogens (tertiary/aromatic N) is 4. The third kappa shape index (κ3) is 3.58. The van der Waals surface area contributed by atoms with Crippen molar-refractivity contribution in [3.05, 3.63) is 35.3 Å². The van der Waals surface area contributed by atoms with Gasteiger partial charge in [-0.25, -0.2) is 9.67 Å². The van der Waals surface area contributed by atoms with Crippen LogP contribution in [0.2, 0.25) is 0 Å². The zero-order chi connectivity index (χ0) is 19.7. The minimum atomic E-state index is 0.0837. The average molecular weight is 397 g/mol. The minimum absolute atomic E-state index is 0.0837. The summed E-state index contributed by atoms with van der Waals surface area (Å²) in [7, 11) is 1.96. The number of rotatable bonds is 4. The predicted molar refractivity (Wildman–Crippen MR) is 115 cm³/mol. The highest BCUT2D eigenvalue weighted by Crippen LogP contribution is 2.30. The summed E-state index contributed by atoms with van der Waals surface area (Å²) in [4.78, 5) is 21.4. The first kappa shape index (κ1) is 19.1. The molecule has 3 aromatic rings. The van der Waals surface area contributed by atoms with Crippen molar-refractivity contribution in [1.29, 1.82) is 0 Å². The lowest BCUT2D eigenvalue weighted by molar-refractivity contribution is 0.0719. The van der Waals surface area contributed by atoms with Gasteiger partial charge in [0.05, 0.1) is 27.7 Å². The maximum Gasteiger partial charge on any atom is 0.254 e. The van der Waals surface area contributed by atoms with E-state index < -0.39 is 0 Å². The van der Waals surface area contributed by atoms with Gasteiger partial charge < -0.3 is 4.90 Å². The molecule has 28 heavy (non-hydrogen) atoms. The summed E-state index contributed by atoms with van der Waals surface area (Å²) in [6, 6.07) is 6.54. The molecule has 1 aliphatic carbocycles. The summed E-state index contributed by atoms with van der Waals surface area (Å²) < 4.78 is 1.91. The van der Waals surface area contributed by atoms with Crippen molar-refractivity contribution in [2.45, 2.75) is 64.5 Å². The SMILES string of the molecule is CC(C)n1ncc2c(C(=O)N(C)C3CCCCCC3)cc(-c3cccs3)nc21. The molecule has 5 nitrogen and oxygen atoms in total. The molecule has 0 aromatic carbocycles. The van der Waals surface area contributed by atoms with Gasteiger partial charge in [0.2, 0.25) is 0 Å². The summed E-state index contributed by atoms with van der Waals surface area (Å²) in [5.41, 5.74) is 2.35. The number of carbonyl (C=O) groups excluding carboxylic acids is 1. The number of hydrogen-bond donors (Lipinski definition) is 0. The molecule has 1 fully saturated rings. The Morgan fingerprint density at radius 1 is 1.25 bits per heavy atom. The molecule has 0 unspecified atom stereocenters. The van der Waals surface area contributed by atoms with Gasteiger partial charge in [-0.2, -0.15) is 5.10 Å². The molecular formula is C22H28N4OS. The third-order valence-corrected chi connectivity index (χ3v) is 6.65. The van der Waals surface area contributed by atoms with Crippen LogP contribution in [0.4, 0.5) is 0 Å². The quantitative estimate of drug-likeness (QED) is 0.544. The van der Waals surface area contributed by atoms with Crippen LogP contribution in [0.5, 0.6) is 0 Å². The van der Waals surface area contributed by atoms with Gasteiger partial charge in [-0.1, -0.05) is 31.7 Å². The van der Waals surface area contributed by atoms with Crippen molar-refractivity contribution in [2.24, 2.45) is 0 Å². The number of thiophene rings is 1. The number of carbonyl (C=O) groups is 1. The lowest BCUT2D eigenvalue weighted by Crippen LogP contribution is -2.36. The zero-order valence-electron chi connectivity index (χ0n) is 16.9. The van der Waals surface area contributed by atoms with Gasteiger partial charge >= 0.3 is 0 Å². The van der Waals surface area contributed by atoms with E-state index in [4.69, 9.17) is 4.98 Å². The second kappa shape index (κ2) is 8.03. The molecule has 148 valence electrons. The van der Waals surface area contributed by atoms with Crippen LogP contribution in [0.3, 0.4) is 0 Å². The van der Waals surface area contributed by atoms with Crippen molar-refractivity contribution < 1.29 is 4.79 Å². The Kier molecular flexibility index (Phi) is 5.49. The van der Waals surface area contributed by atoms with Crippen molar-refractivity contribution in [3.8, 4) is 10.6 Å². The first-order valence-electron chi connectivity index (χ1n) is 10.3. The Labute approximate surface area is 170 Å². The van der Waals surface area contributed by atoms with Gasteiger partial charge in [0.15, 0.2) is 5.65 Å². The summed E-state index contributed by atoms with van der Waals surface area (Å²) >= 11 is 1.64. The molecular weight excluding hydrogens is 368 g/mol. The Morgan fingerprint density at radius 2 is 2.00 bits per heavy atom. The van der Waals surface area contributed by atoms with E-state index in [0.29, 0.717) is 11.6 Å². The fourth-order valence-electron chi connectivity index (χ4n) is 4.12. The smallest absolute Gasteiger partial charge is 0.254 e. The Hall–Kier alpha value is -2.21. The third-order valence-electron chi connectivity index (χ3n) is 5.75. The fourth-order valence-corrected chi connectivity index (χ4v) is 4.81. The highest BCUT2D eigenvalue weighted by Gasteiger charge is 2.26. The van der Waals surface area contributed by atoms with Gasteiger partial charge in [-0.3, -0.25) is 4.79 Å². The summed E-state index contributed by atoms with van der Waals surface area (Å²) in [6.45, 7) is 4.18. The van der Waals surface area contributed by atoms with Crippen LogP contribution < -0.4 is 0 Å². The van der Waals surface area contributed by atoms with E-state index in [-0.39, 0.29) is 11.9 Å². The normalized spacial score (nSPS) is 15.9. The molecule has 1 aliphatic rings. The van der Waals surface area contributed by atoms with Gasteiger partial charge in [0.25, 0.3) is 5.91 Å². The van der Waals surface area contributed by atoms with Gasteiger partial charge in [-0.05, 0) is 44.2 Å². The Balaban J connectivity index is 1.79. The van der Waals surface area contributed by atoms with Gasteiger partial charge in [0, 0.05) is 19.1 Å². The molecule has 0 aliphatic heterocycles. The lowest BCUT2D eigenvalue weighted by Gasteiger charge is -2.27.